The quantitative estimate of drug-likeness (QED) is 0.398. The number of halogens is 2. The lowest BCUT2D eigenvalue weighted by molar-refractivity contribution is 0.0730. The van der Waals surface area contributed by atoms with Gasteiger partial charge in [0.15, 0.2) is 5.75 Å². The predicted molar refractivity (Wildman–Crippen MR) is 83.9 cm³/mol. The zero-order chi connectivity index (χ0) is 15.7. The van der Waals surface area contributed by atoms with Gasteiger partial charge in [-0.3, -0.25) is 0 Å². The van der Waals surface area contributed by atoms with E-state index in [1.54, 1.807) is 36.4 Å². The highest BCUT2D eigenvalue weighted by Gasteiger charge is 2.18. The molecule has 0 aliphatic rings. The minimum Gasteiger partial charge on any atom is -0.422 e. The molecule has 2 aromatic carbocycles. The fourth-order valence-corrected chi connectivity index (χ4v) is 2.25. The standard InChI is InChI=1S/C16H8Cl2O4/c17-11-5-3-7-13(14(11)18)22-16(20)10-8-9-4-1-2-6-12(9)21-15(10)19/h1-8H. The first kappa shape index (κ1) is 14.6. The van der Waals surface area contributed by atoms with E-state index in [9.17, 15) is 9.59 Å². The Morgan fingerprint density at radius 1 is 1.05 bits per heavy atom. The number of carbonyl (C=O) groups excluding carboxylic acids is 1. The van der Waals surface area contributed by atoms with Crippen molar-refractivity contribution < 1.29 is 13.9 Å². The third kappa shape index (κ3) is 2.71. The highest BCUT2D eigenvalue weighted by Crippen LogP contribution is 2.31. The summed E-state index contributed by atoms with van der Waals surface area (Å²) in [5.41, 5.74) is -0.596. The van der Waals surface area contributed by atoms with Gasteiger partial charge in [0.05, 0.1) is 5.02 Å². The summed E-state index contributed by atoms with van der Waals surface area (Å²) in [4.78, 5) is 24.0. The highest BCUT2D eigenvalue weighted by atomic mass is 35.5. The first-order chi connectivity index (χ1) is 10.6. The number of esters is 1. The number of fused-ring (bicyclic) bond motifs is 1. The fraction of sp³-hybridized carbons (Fsp3) is 0. The topological polar surface area (TPSA) is 56.5 Å². The van der Waals surface area contributed by atoms with Crippen LogP contribution in [0.15, 0.2) is 57.7 Å². The normalized spacial score (nSPS) is 10.6. The maximum Gasteiger partial charge on any atom is 0.351 e. The molecule has 0 spiro atoms. The summed E-state index contributed by atoms with van der Waals surface area (Å²) in [5.74, 6) is -0.782. The molecular formula is C16H8Cl2O4. The van der Waals surface area contributed by atoms with Crippen LogP contribution >= 0.6 is 23.2 Å². The Morgan fingerprint density at radius 3 is 2.64 bits per heavy atom. The number of benzene rings is 2. The summed E-state index contributed by atoms with van der Waals surface area (Å²) in [5, 5.41) is 0.964. The first-order valence-corrected chi connectivity index (χ1v) is 7.01. The van der Waals surface area contributed by atoms with Crippen molar-refractivity contribution in [2.24, 2.45) is 0 Å². The van der Waals surface area contributed by atoms with E-state index >= 15 is 0 Å². The molecule has 0 aliphatic carbocycles. The molecule has 6 heteroatoms. The summed E-state index contributed by atoms with van der Waals surface area (Å²) < 4.78 is 10.2. The van der Waals surface area contributed by atoms with Gasteiger partial charge in [0, 0.05) is 5.39 Å². The van der Waals surface area contributed by atoms with E-state index in [0.29, 0.717) is 11.0 Å². The van der Waals surface area contributed by atoms with Gasteiger partial charge in [-0.2, -0.15) is 0 Å². The molecule has 1 heterocycles. The van der Waals surface area contributed by atoms with Gasteiger partial charge in [0.25, 0.3) is 0 Å². The van der Waals surface area contributed by atoms with Crippen LogP contribution in [0.4, 0.5) is 0 Å². The average Bonchev–Trinajstić information content (AvgIpc) is 2.51. The maximum atomic E-state index is 12.2. The van der Waals surface area contributed by atoms with Crippen LogP contribution in [0.3, 0.4) is 0 Å². The molecule has 0 amide bonds. The van der Waals surface area contributed by atoms with E-state index in [-0.39, 0.29) is 21.4 Å². The Hall–Kier alpha value is -2.30. The Bertz CT molecular complexity index is 931. The van der Waals surface area contributed by atoms with Crippen LogP contribution in [-0.2, 0) is 0 Å². The van der Waals surface area contributed by atoms with E-state index < -0.39 is 11.6 Å². The van der Waals surface area contributed by atoms with Gasteiger partial charge in [-0.25, -0.2) is 9.59 Å². The molecule has 0 radical (unpaired) electrons. The zero-order valence-corrected chi connectivity index (χ0v) is 12.5. The Morgan fingerprint density at radius 2 is 1.82 bits per heavy atom. The molecule has 22 heavy (non-hydrogen) atoms. The average molecular weight is 335 g/mol. The minimum atomic E-state index is -0.858. The molecular weight excluding hydrogens is 327 g/mol. The second-order valence-corrected chi connectivity index (χ2v) is 5.21. The summed E-state index contributed by atoms with van der Waals surface area (Å²) in [6.45, 7) is 0. The Kier molecular flexibility index (Phi) is 3.88. The number of hydrogen-bond acceptors (Lipinski definition) is 4. The first-order valence-electron chi connectivity index (χ1n) is 6.25. The second-order valence-electron chi connectivity index (χ2n) is 4.43. The number of carbonyl (C=O) groups is 1. The molecule has 0 saturated heterocycles. The molecule has 0 bridgehead atoms. The van der Waals surface area contributed by atoms with Crippen molar-refractivity contribution in [2.75, 3.05) is 0 Å². The van der Waals surface area contributed by atoms with Crippen LogP contribution < -0.4 is 10.4 Å². The van der Waals surface area contributed by atoms with Crippen molar-refractivity contribution in [1.29, 1.82) is 0 Å². The SMILES string of the molecule is O=C(Oc1cccc(Cl)c1Cl)c1cc2ccccc2oc1=O. The predicted octanol–water partition coefficient (Wildman–Crippen LogP) is 4.32. The fourth-order valence-electron chi connectivity index (χ4n) is 1.92. The molecule has 0 fully saturated rings. The third-order valence-electron chi connectivity index (χ3n) is 2.98. The number of hydrogen-bond donors (Lipinski definition) is 0. The van der Waals surface area contributed by atoms with E-state index in [0.717, 1.165) is 0 Å². The van der Waals surface area contributed by atoms with Gasteiger partial charge in [-0.1, -0.05) is 47.5 Å². The van der Waals surface area contributed by atoms with Gasteiger partial charge in [-0.05, 0) is 24.3 Å². The van der Waals surface area contributed by atoms with Crippen molar-refractivity contribution in [3.63, 3.8) is 0 Å². The van der Waals surface area contributed by atoms with Crippen molar-refractivity contribution >= 4 is 40.1 Å². The summed E-state index contributed by atoms with van der Waals surface area (Å²) in [7, 11) is 0. The van der Waals surface area contributed by atoms with Gasteiger partial charge in [0.2, 0.25) is 0 Å². The van der Waals surface area contributed by atoms with Gasteiger partial charge in [-0.15, -0.1) is 0 Å². The molecule has 0 unspecified atom stereocenters. The van der Waals surface area contributed by atoms with E-state index in [1.165, 1.54) is 12.1 Å². The Labute approximate surface area is 134 Å². The zero-order valence-electron chi connectivity index (χ0n) is 11.0. The van der Waals surface area contributed by atoms with E-state index in [2.05, 4.69) is 0 Å². The lowest BCUT2D eigenvalue weighted by atomic mass is 10.2. The lowest BCUT2D eigenvalue weighted by Crippen LogP contribution is -2.18. The van der Waals surface area contributed by atoms with Crippen LogP contribution in [0.1, 0.15) is 10.4 Å². The summed E-state index contributed by atoms with van der Waals surface area (Å²) in [6, 6.07) is 12.9. The van der Waals surface area contributed by atoms with Crippen LogP contribution in [0.5, 0.6) is 5.75 Å². The van der Waals surface area contributed by atoms with Crippen molar-refractivity contribution in [3.8, 4) is 5.75 Å². The minimum absolute atomic E-state index is 0.0757. The summed E-state index contributed by atoms with van der Waals surface area (Å²) in [6.07, 6.45) is 0. The van der Waals surface area contributed by atoms with Crippen LogP contribution in [0.2, 0.25) is 10.0 Å². The van der Waals surface area contributed by atoms with Crippen molar-refractivity contribution in [1.82, 2.24) is 0 Å². The van der Waals surface area contributed by atoms with Crippen molar-refractivity contribution in [2.45, 2.75) is 0 Å². The van der Waals surface area contributed by atoms with Crippen LogP contribution in [-0.4, -0.2) is 5.97 Å². The molecule has 4 nitrogen and oxygen atoms in total. The molecule has 0 N–H and O–H groups in total. The smallest absolute Gasteiger partial charge is 0.351 e. The largest absolute Gasteiger partial charge is 0.422 e. The number of ether oxygens (including phenoxy) is 1. The summed E-state index contributed by atoms with van der Waals surface area (Å²) >= 11 is 11.8. The van der Waals surface area contributed by atoms with Gasteiger partial charge < -0.3 is 9.15 Å². The number of para-hydroxylation sites is 1. The molecule has 0 saturated carbocycles. The molecule has 0 aliphatic heterocycles. The molecule has 110 valence electrons. The maximum absolute atomic E-state index is 12.2. The molecule has 1 aromatic heterocycles. The highest BCUT2D eigenvalue weighted by molar-refractivity contribution is 6.43. The van der Waals surface area contributed by atoms with Crippen molar-refractivity contribution in [3.05, 3.63) is 74.6 Å². The van der Waals surface area contributed by atoms with E-state index in [1.807, 2.05) is 0 Å². The van der Waals surface area contributed by atoms with Crippen LogP contribution in [0.25, 0.3) is 11.0 Å². The molecule has 3 rings (SSSR count). The molecule has 0 atom stereocenters. The van der Waals surface area contributed by atoms with E-state index in [4.69, 9.17) is 32.4 Å². The monoisotopic (exact) mass is 334 g/mol. The molecule has 3 aromatic rings. The van der Waals surface area contributed by atoms with Gasteiger partial charge >= 0.3 is 11.6 Å². The number of rotatable bonds is 2. The lowest BCUT2D eigenvalue weighted by Gasteiger charge is -2.06. The third-order valence-corrected chi connectivity index (χ3v) is 3.78. The van der Waals surface area contributed by atoms with Gasteiger partial charge in [0.1, 0.15) is 16.2 Å². The Balaban J connectivity index is 2.00. The van der Waals surface area contributed by atoms with Crippen LogP contribution in [0, 0.1) is 0 Å². The second kappa shape index (κ2) is 5.83.